The molecule has 9 heteroatoms. The predicted molar refractivity (Wildman–Crippen MR) is 102 cm³/mol. The van der Waals surface area contributed by atoms with Crippen LogP contribution in [-0.4, -0.2) is 37.6 Å². The molecule has 0 radical (unpaired) electrons. The number of carbonyl (C=O) groups is 1. The third-order valence-corrected chi connectivity index (χ3v) is 4.71. The van der Waals surface area contributed by atoms with Crippen molar-refractivity contribution in [3.63, 3.8) is 0 Å². The minimum absolute atomic E-state index is 0.179. The maximum absolute atomic E-state index is 12.2. The molecule has 0 spiro atoms. The Labute approximate surface area is 158 Å². The summed E-state index contributed by atoms with van der Waals surface area (Å²) in [5, 5.41) is 9.89. The number of ether oxygens (including phenoxy) is 1. The Morgan fingerprint density at radius 1 is 1.22 bits per heavy atom. The topological polar surface area (TPSA) is 94.3 Å². The van der Waals surface area contributed by atoms with Gasteiger partial charge in [-0.05, 0) is 37.3 Å². The Hall–Kier alpha value is -3.33. The summed E-state index contributed by atoms with van der Waals surface area (Å²) in [5.74, 6) is 1.17. The molecule has 0 bridgehead atoms. The van der Waals surface area contributed by atoms with E-state index < -0.39 is 0 Å². The van der Waals surface area contributed by atoms with Gasteiger partial charge in [0.2, 0.25) is 5.91 Å². The molecule has 3 aromatic heterocycles. The number of thiazole rings is 1. The van der Waals surface area contributed by atoms with Crippen LogP contribution in [0.15, 0.2) is 41.9 Å². The van der Waals surface area contributed by atoms with Gasteiger partial charge in [-0.15, -0.1) is 16.4 Å². The van der Waals surface area contributed by atoms with Crippen LogP contribution >= 0.6 is 11.3 Å². The molecule has 3 heterocycles. The molecule has 136 valence electrons. The SMILES string of the molecule is COc1ccc(-c2ccnc3nc(NC(=O)Cc4csc(C)n4)nn23)cc1. The van der Waals surface area contributed by atoms with Crippen molar-refractivity contribution in [1.82, 2.24) is 24.6 Å². The first-order valence-corrected chi connectivity index (χ1v) is 9.07. The number of aryl methyl sites for hydroxylation is 1. The molecule has 0 aliphatic carbocycles. The third-order valence-electron chi connectivity index (χ3n) is 3.89. The third kappa shape index (κ3) is 3.63. The molecule has 1 N–H and O–H groups in total. The smallest absolute Gasteiger partial charge is 0.254 e. The number of fused-ring (bicyclic) bond motifs is 1. The molecule has 27 heavy (non-hydrogen) atoms. The fraction of sp³-hybridized carbons (Fsp3) is 0.167. The Morgan fingerprint density at radius 2 is 2.04 bits per heavy atom. The van der Waals surface area contributed by atoms with Gasteiger partial charge in [0.25, 0.3) is 11.7 Å². The van der Waals surface area contributed by atoms with Crippen LogP contribution in [0.3, 0.4) is 0 Å². The zero-order chi connectivity index (χ0) is 18.8. The number of benzene rings is 1. The van der Waals surface area contributed by atoms with E-state index in [0.29, 0.717) is 5.78 Å². The van der Waals surface area contributed by atoms with Crippen molar-refractivity contribution >= 4 is 29.0 Å². The summed E-state index contributed by atoms with van der Waals surface area (Å²) >= 11 is 1.51. The first-order chi connectivity index (χ1) is 13.1. The molecule has 0 aliphatic heterocycles. The molecule has 0 unspecified atom stereocenters. The van der Waals surface area contributed by atoms with E-state index in [1.807, 2.05) is 42.6 Å². The van der Waals surface area contributed by atoms with Gasteiger partial charge in [0.15, 0.2) is 0 Å². The van der Waals surface area contributed by atoms with E-state index >= 15 is 0 Å². The number of amides is 1. The van der Waals surface area contributed by atoms with Crippen molar-refractivity contribution in [2.45, 2.75) is 13.3 Å². The Kier molecular flexibility index (Phi) is 4.51. The highest BCUT2D eigenvalue weighted by Crippen LogP contribution is 2.22. The van der Waals surface area contributed by atoms with Crippen molar-refractivity contribution in [3.8, 4) is 17.0 Å². The van der Waals surface area contributed by atoms with E-state index in [-0.39, 0.29) is 18.3 Å². The summed E-state index contributed by atoms with van der Waals surface area (Å²) in [4.78, 5) is 25.0. The summed E-state index contributed by atoms with van der Waals surface area (Å²) in [6.07, 6.45) is 1.84. The first kappa shape index (κ1) is 17.1. The van der Waals surface area contributed by atoms with Gasteiger partial charge in [0.05, 0.1) is 29.9 Å². The summed E-state index contributed by atoms with van der Waals surface area (Å²) in [6.45, 7) is 1.90. The summed E-state index contributed by atoms with van der Waals surface area (Å²) in [7, 11) is 1.62. The predicted octanol–water partition coefficient (Wildman–Crippen LogP) is 2.75. The summed E-state index contributed by atoms with van der Waals surface area (Å²) < 4.78 is 6.79. The number of rotatable bonds is 5. The first-order valence-electron chi connectivity index (χ1n) is 8.19. The van der Waals surface area contributed by atoms with Gasteiger partial charge < -0.3 is 4.74 Å². The highest BCUT2D eigenvalue weighted by molar-refractivity contribution is 7.09. The Bertz CT molecular complexity index is 1100. The normalized spacial score (nSPS) is 10.9. The lowest BCUT2D eigenvalue weighted by molar-refractivity contribution is -0.115. The molecule has 0 atom stereocenters. The van der Waals surface area contributed by atoms with Crippen LogP contribution < -0.4 is 10.1 Å². The standard InChI is InChI=1S/C18H16N6O2S/c1-11-20-13(10-27-11)9-16(25)21-17-22-18-19-8-7-15(24(18)23-17)12-3-5-14(26-2)6-4-12/h3-8,10H,9H2,1-2H3,(H,21,23,25). The van der Waals surface area contributed by atoms with Crippen LogP contribution in [0.1, 0.15) is 10.7 Å². The molecule has 8 nitrogen and oxygen atoms in total. The van der Waals surface area contributed by atoms with E-state index in [1.165, 1.54) is 11.3 Å². The molecule has 0 aliphatic rings. The van der Waals surface area contributed by atoms with Gasteiger partial charge >= 0.3 is 0 Å². The van der Waals surface area contributed by atoms with Crippen molar-refractivity contribution in [1.29, 1.82) is 0 Å². The molecule has 0 saturated heterocycles. The maximum Gasteiger partial charge on any atom is 0.254 e. The van der Waals surface area contributed by atoms with Crippen LogP contribution in [0.5, 0.6) is 5.75 Å². The van der Waals surface area contributed by atoms with Crippen molar-refractivity contribution in [2.24, 2.45) is 0 Å². The fourth-order valence-corrected chi connectivity index (χ4v) is 3.26. The van der Waals surface area contributed by atoms with Crippen LogP contribution in [-0.2, 0) is 11.2 Å². The van der Waals surface area contributed by atoms with Crippen molar-refractivity contribution in [3.05, 3.63) is 52.6 Å². The second-order valence-corrected chi connectivity index (χ2v) is 6.85. The Morgan fingerprint density at radius 3 is 2.74 bits per heavy atom. The Balaban J connectivity index is 1.59. The van der Waals surface area contributed by atoms with Gasteiger partial charge in [0.1, 0.15) is 5.75 Å². The van der Waals surface area contributed by atoms with Gasteiger partial charge in [-0.1, -0.05) is 0 Å². The molecule has 4 aromatic rings. The highest BCUT2D eigenvalue weighted by atomic mass is 32.1. The van der Waals surface area contributed by atoms with E-state index in [0.717, 1.165) is 27.7 Å². The minimum Gasteiger partial charge on any atom is -0.497 e. The monoisotopic (exact) mass is 380 g/mol. The fourth-order valence-electron chi connectivity index (χ4n) is 2.65. The largest absolute Gasteiger partial charge is 0.497 e. The maximum atomic E-state index is 12.2. The van der Waals surface area contributed by atoms with E-state index in [4.69, 9.17) is 4.74 Å². The summed E-state index contributed by atoms with van der Waals surface area (Å²) in [5.41, 5.74) is 2.48. The highest BCUT2D eigenvalue weighted by Gasteiger charge is 2.13. The number of hydrogen-bond donors (Lipinski definition) is 1. The number of carbonyl (C=O) groups excluding carboxylic acids is 1. The van der Waals surface area contributed by atoms with Gasteiger partial charge in [-0.3, -0.25) is 10.1 Å². The number of methoxy groups -OCH3 is 1. The lowest BCUT2D eigenvalue weighted by Gasteiger charge is -2.05. The molecular weight excluding hydrogens is 364 g/mol. The molecule has 1 amide bonds. The molecule has 0 saturated carbocycles. The summed E-state index contributed by atoms with van der Waals surface area (Å²) in [6, 6.07) is 9.44. The van der Waals surface area contributed by atoms with E-state index in [2.05, 4.69) is 25.4 Å². The van der Waals surface area contributed by atoms with Crippen LogP contribution in [0.25, 0.3) is 17.0 Å². The minimum atomic E-state index is -0.220. The number of hydrogen-bond acceptors (Lipinski definition) is 7. The lowest BCUT2D eigenvalue weighted by Crippen LogP contribution is -2.15. The molecule has 4 rings (SSSR count). The average molecular weight is 380 g/mol. The molecule has 1 aromatic carbocycles. The van der Waals surface area contributed by atoms with E-state index in [1.54, 1.807) is 17.8 Å². The second-order valence-electron chi connectivity index (χ2n) is 5.79. The van der Waals surface area contributed by atoms with Crippen LogP contribution in [0, 0.1) is 6.92 Å². The lowest BCUT2D eigenvalue weighted by atomic mass is 10.1. The molecular formula is C18H16N6O2S. The van der Waals surface area contributed by atoms with Gasteiger partial charge in [0, 0.05) is 17.1 Å². The second kappa shape index (κ2) is 7.12. The van der Waals surface area contributed by atoms with Gasteiger partial charge in [-0.2, -0.15) is 9.50 Å². The number of nitrogens with one attached hydrogen (secondary N) is 1. The van der Waals surface area contributed by atoms with E-state index in [9.17, 15) is 4.79 Å². The van der Waals surface area contributed by atoms with Crippen LogP contribution in [0.2, 0.25) is 0 Å². The van der Waals surface area contributed by atoms with Gasteiger partial charge in [-0.25, -0.2) is 9.97 Å². The zero-order valence-corrected chi connectivity index (χ0v) is 15.5. The number of aromatic nitrogens is 5. The number of nitrogens with zero attached hydrogens (tertiary/aromatic N) is 5. The van der Waals surface area contributed by atoms with Crippen LogP contribution in [0.4, 0.5) is 5.95 Å². The average Bonchev–Trinajstić information content (AvgIpc) is 3.26. The quantitative estimate of drug-likeness (QED) is 0.572. The zero-order valence-electron chi connectivity index (χ0n) is 14.7. The number of anilines is 1. The van der Waals surface area contributed by atoms with Crippen molar-refractivity contribution in [2.75, 3.05) is 12.4 Å². The van der Waals surface area contributed by atoms with Crippen molar-refractivity contribution < 1.29 is 9.53 Å². The molecule has 0 fully saturated rings.